The number of amides is 3. The Morgan fingerprint density at radius 2 is 1.79 bits per heavy atom. The number of hydrogen-bond donors (Lipinski definition) is 1. The molecule has 0 aromatic heterocycles. The molecule has 0 unspecified atom stereocenters. The Balaban J connectivity index is 1.54. The van der Waals surface area contributed by atoms with Gasteiger partial charge in [-0.3, -0.25) is 14.5 Å². The summed E-state index contributed by atoms with van der Waals surface area (Å²) in [6.07, 6.45) is 0. The fourth-order valence-electron chi connectivity index (χ4n) is 3.53. The minimum atomic E-state index is -1.28. The number of benzene rings is 2. The van der Waals surface area contributed by atoms with Crippen LogP contribution >= 0.6 is 0 Å². The molecule has 3 amide bonds. The molecule has 7 nitrogen and oxygen atoms in total. The number of hydrogen-bond acceptors (Lipinski definition) is 5. The number of carbonyl (C=O) groups is 3. The molecule has 2 aromatic carbocycles. The summed E-state index contributed by atoms with van der Waals surface area (Å²) in [7, 11) is 0. The van der Waals surface area contributed by atoms with E-state index < -0.39 is 17.5 Å². The summed E-state index contributed by atoms with van der Waals surface area (Å²) in [4.78, 5) is 39.2. The van der Waals surface area contributed by atoms with Crippen LogP contribution in [0.2, 0.25) is 0 Å². The highest BCUT2D eigenvalue weighted by Crippen LogP contribution is 2.37. The van der Waals surface area contributed by atoms with Gasteiger partial charge in [-0.2, -0.15) is 0 Å². The van der Waals surface area contributed by atoms with E-state index in [1.54, 1.807) is 37.3 Å². The molecule has 2 aliphatic heterocycles. The zero-order valence-electron chi connectivity index (χ0n) is 16.5. The van der Waals surface area contributed by atoms with Crippen molar-refractivity contribution in [3.05, 3.63) is 59.2 Å². The molecule has 1 N–H and O–H groups in total. The standard InChI is InChI=1S/C22H22N2O5/c1-13(2)14-4-6-15(7-5-14)17(25)11-24-20(26)22(3,23-21(24)27)16-8-9-18-19(10-16)29-12-28-18/h4-10,13H,11-12H2,1-3H3,(H,23,27)/t22-/m1/s1. The van der Waals surface area contributed by atoms with Crippen molar-refractivity contribution in [3.63, 3.8) is 0 Å². The average molecular weight is 394 g/mol. The highest BCUT2D eigenvalue weighted by Gasteiger charge is 2.49. The second-order valence-corrected chi connectivity index (χ2v) is 7.71. The summed E-state index contributed by atoms with van der Waals surface area (Å²) in [6, 6.07) is 11.7. The van der Waals surface area contributed by atoms with E-state index in [2.05, 4.69) is 19.2 Å². The molecule has 1 fully saturated rings. The number of nitrogens with zero attached hydrogens (tertiary/aromatic N) is 1. The molecule has 1 saturated heterocycles. The monoisotopic (exact) mass is 394 g/mol. The molecular weight excluding hydrogens is 372 g/mol. The third-order valence-corrected chi connectivity index (χ3v) is 5.43. The first kappa shape index (κ1) is 19.0. The molecule has 150 valence electrons. The van der Waals surface area contributed by atoms with Gasteiger partial charge in [-0.15, -0.1) is 0 Å². The highest BCUT2D eigenvalue weighted by atomic mass is 16.7. The van der Waals surface area contributed by atoms with Crippen LogP contribution in [0.1, 0.15) is 48.2 Å². The number of fused-ring (bicyclic) bond motifs is 1. The van der Waals surface area contributed by atoms with Crippen LogP contribution in [0.4, 0.5) is 4.79 Å². The fourth-order valence-corrected chi connectivity index (χ4v) is 3.53. The largest absolute Gasteiger partial charge is 0.454 e. The zero-order chi connectivity index (χ0) is 20.8. The van der Waals surface area contributed by atoms with E-state index in [0.29, 0.717) is 28.5 Å². The van der Waals surface area contributed by atoms with Gasteiger partial charge in [0, 0.05) is 5.56 Å². The summed E-state index contributed by atoms with van der Waals surface area (Å²) < 4.78 is 10.7. The van der Waals surface area contributed by atoms with Gasteiger partial charge in [-0.1, -0.05) is 44.2 Å². The van der Waals surface area contributed by atoms with E-state index in [0.717, 1.165) is 10.5 Å². The molecule has 0 bridgehead atoms. The second kappa shape index (κ2) is 6.92. The minimum Gasteiger partial charge on any atom is -0.454 e. The van der Waals surface area contributed by atoms with Gasteiger partial charge in [-0.25, -0.2) is 4.79 Å². The maximum atomic E-state index is 13.1. The van der Waals surface area contributed by atoms with E-state index in [9.17, 15) is 14.4 Å². The lowest BCUT2D eigenvalue weighted by molar-refractivity contribution is -0.130. The van der Waals surface area contributed by atoms with Crippen LogP contribution in [-0.2, 0) is 10.3 Å². The van der Waals surface area contributed by atoms with Gasteiger partial charge in [0.1, 0.15) is 5.54 Å². The summed E-state index contributed by atoms with van der Waals surface area (Å²) >= 11 is 0. The van der Waals surface area contributed by atoms with Gasteiger partial charge in [-0.05, 0) is 36.1 Å². The average Bonchev–Trinajstić information content (AvgIpc) is 3.26. The SMILES string of the molecule is CC(C)c1ccc(C(=O)CN2C(=O)N[C@](C)(c3ccc4c(c3)OCO4)C2=O)cc1. The van der Waals surface area contributed by atoms with Gasteiger partial charge in [0.15, 0.2) is 17.3 Å². The van der Waals surface area contributed by atoms with Crippen LogP contribution in [0.3, 0.4) is 0 Å². The second-order valence-electron chi connectivity index (χ2n) is 7.71. The molecule has 0 saturated carbocycles. The number of imide groups is 1. The molecule has 2 aliphatic rings. The number of ketones is 1. The number of rotatable bonds is 5. The van der Waals surface area contributed by atoms with Crippen LogP contribution in [0.25, 0.3) is 0 Å². The normalized spacial score (nSPS) is 20.3. The molecule has 0 aliphatic carbocycles. The maximum Gasteiger partial charge on any atom is 0.325 e. The third kappa shape index (κ3) is 3.22. The topological polar surface area (TPSA) is 84.9 Å². The van der Waals surface area contributed by atoms with Crippen molar-refractivity contribution >= 4 is 17.7 Å². The quantitative estimate of drug-likeness (QED) is 0.622. The minimum absolute atomic E-state index is 0.117. The summed E-state index contributed by atoms with van der Waals surface area (Å²) in [6.45, 7) is 5.56. The van der Waals surface area contributed by atoms with Crippen molar-refractivity contribution in [2.75, 3.05) is 13.3 Å². The number of Topliss-reactive ketones (excluding diaryl/α,β-unsaturated/α-hetero) is 1. The molecule has 0 radical (unpaired) electrons. The lowest BCUT2D eigenvalue weighted by atomic mass is 9.91. The van der Waals surface area contributed by atoms with E-state index in [-0.39, 0.29) is 19.1 Å². The lowest BCUT2D eigenvalue weighted by Gasteiger charge is -2.22. The molecule has 2 heterocycles. The van der Waals surface area contributed by atoms with Crippen molar-refractivity contribution in [2.45, 2.75) is 32.2 Å². The molecule has 7 heteroatoms. The predicted molar refractivity (Wildman–Crippen MR) is 105 cm³/mol. The van der Waals surface area contributed by atoms with E-state index in [4.69, 9.17) is 9.47 Å². The summed E-state index contributed by atoms with van der Waals surface area (Å²) in [5.74, 6) is 0.691. The first-order chi connectivity index (χ1) is 13.8. The zero-order valence-corrected chi connectivity index (χ0v) is 16.5. The number of nitrogens with one attached hydrogen (secondary N) is 1. The number of carbonyl (C=O) groups excluding carboxylic acids is 3. The lowest BCUT2D eigenvalue weighted by Crippen LogP contribution is -2.41. The molecule has 29 heavy (non-hydrogen) atoms. The van der Waals surface area contributed by atoms with Crippen molar-refractivity contribution < 1.29 is 23.9 Å². The maximum absolute atomic E-state index is 13.1. The van der Waals surface area contributed by atoms with Gasteiger partial charge >= 0.3 is 6.03 Å². The Hall–Kier alpha value is -3.35. The molecule has 2 aromatic rings. The molecule has 0 spiro atoms. The van der Waals surface area contributed by atoms with Crippen molar-refractivity contribution in [2.24, 2.45) is 0 Å². The van der Waals surface area contributed by atoms with Crippen LogP contribution in [0.15, 0.2) is 42.5 Å². The third-order valence-electron chi connectivity index (χ3n) is 5.43. The predicted octanol–water partition coefficient (Wildman–Crippen LogP) is 3.19. The van der Waals surface area contributed by atoms with Crippen molar-refractivity contribution in [1.82, 2.24) is 10.2 Å². The Morgan fingerprint density at radius 3 is 2.48 bits per heavy atom. The smallest absolute Gasteiger partial charge is 0.325 e. The van der Waals surface area contributed by atoms with Crippen molar-refractivity contribution in [3.8, 4) is 11.5 Å². The van der Waals surface area contributed by atoms with Gasteiger partial charge in [0.2, 0.25) is 6.79 Å². The first-order valence-electron chi connectivity index (χ1n) is 9.47. The van der Waals surface area contributed by atoms with Crippen LogP contribution in [0, 0.1) is 0 Å². The summed E-state index contributed by atoms with van der Waals surface area (Å²) in [5.41, 5.74) is 0.870. The van der Waals surface area contributed by atoms with Gasteiger partial charge in [0.05, 0.1) is 6.54 Å². The van der Waals surface area contributed by atoms with E-state index in [1.807, 2.05) is 12.1 Å². The van der Waals surface area contributed by atoms with Gasteiger partial charge in [0.25, 0.3) is 5.91 Å². The molecule has 4 rings (SSSR count). The molecular formula is C22H22N2O5. The van der Waals surface area contributed by atoms with Crippen LogP contribution < -0.4 is 14.8 Å². The highest BCUT2D eigenvalue weighted by molar-refractivity contribution is 6.11. The van der Waals surface area contributed by atoms with E-state index >= 15 is 0 Å². The Bertz CT molecular complexity index is 999. The molecule has 1 atom stereocenters. The van der Waals surface area contributed by atoms with Crippen LogP contribution in [0.5, 0.6) is 11.5 Å². The fraction of sp³-hybridized carbons (Fsp3) is 0.318. The van der Waals surface area contributed by atoms with Crippen molar-refractivity contribution in [1.29, 1.82) is 0 Å². The van der Waals surface area contributed by atoms with Crippen LogP contribution in [-0.4, -0.2) is 36.0 Å². The number of ether oxygens (including phenoxy) is 2. The Labute approximate surface area is 168 Å². The summed E-state index contributed by atoms with van der Waals surface area (Å²) in [5, 5.41) is 2.71. The Kier molecular flexibility index (Phi) is 4.53. The van der Waals surface area contributed by atoms with E-state index in [1.165, 1.54) is 0 Å². The number of urea groups is 1. The van der Waals surface area contributed by atoms with Gasteiger partial charge < -0.3 is 14.8 Å². The Morgan fingerprint density at radius 1 is 1.10 bits per heavy atom. The first-order valence-corrected chi connectivity index (χ1v) is 9.47.